The largest absolute Gasteiger partial charge is 0.497 e. The summed E-state index contributed by atoms with van der Waals surface area (Å²) in [6, 6.07) is 5.31. The molecule has 2 saturated heterocycles. The third-order valence-electron chi connectivity index (χ3n) is 5.45. The zero-order chi connectivity index (χ0) is 18.6. The van der Waals surface area contributed by atoms with Gasteiger partial charge in [-0.3, -0.25) is 4.79 Å². The smallest absolute Gasteiger partial charge is 0.257 e. The SMILES string of the molecule is CCOC1CCOC2(CCN(C(=O)c3ccc(OC)cc3OC)CC2)C1. The topological polar surface area (TPSA) is 57.2 Å². The van der Waals surface area contributed by atoms with Crippen LogP contribution in [0.5, 0.6) is 11.5 Å². The van der Waals surface area contributed by atoms with Crippen LogP contribution in [0.4, 0.5) is 0 Å². The van der Waals surface area contributed by atoms with Crippen molar-refractivity contribution in [2.75, 3.05) is 40.5 Å². The monoisotopic (exact) mass is 363 g/mol. The van der Waals surface area contributed by atoms with E-state index < -0.39 is 0 Å². The van der Waals surface area contributed by atoms with Gasteiger partial charge in [0.05, 0.1) is 31.5 Å². The highest BCUT2D eigenvalue weighted by Crippen LogP contribution is 2.37. The lowest BCUT2D eigenvalue weighted by atomic mass is 9.83. The summed E-state index contributed by atoms with van der Waals surface area (Å²) in [5.74, 6) is 1.21. The number of likely N-dealkylation sites (tertiary alicyclic amines) is 1. The second kappa shape index (κ2) is 8.27. The van der Waals surface area contributed by atoms with Gasteiger partial charge in [0, 0.05) is 38.8 Å². The summed E-state index contributed by atoms with van der Waals surface area (Å²) in [6.07, 6.45) is 3.86. The number of methoxy groups -OCH3 is 2. The van der Waals surface area contributed by atoms with Crippen LogP contribution in [-0.2, 0) is 9.47 Å². The number of ether oxygens (including phenoxy) is 4. The predicted octanol–water partition coefficient (Wildman–Crippen LogP) is 2.89. The highest BCUT2D eigenvalue weighted by atomic mass is 16.5. The molecule has 6 heteroatoms. The second-order valence-electron chi connectivity index (χ2n) is 6.96. The van der Waals surface area contributed by atoms with E-state index in [1.54, 1.807) is 32.4 Å². The lowest BCUT2D eigenvalue weighted by Gasteiger charge is -2.46. The van der Waals surface area contributed by atoms with Crippen LogP contribution in [0.25, 0.3) is 0 Å². The Labute approximate surface area is 155 Å². The first-order valence-electron chi connectivity index (χ1n) is 9.37. The Kier molecular flexibility index (Phi) is 6.04. The summed E-state index contributed by atoms with van der Waals surface area (Å²) in [4.78, 5) is 14.8. The minimum absolute atomic E-state index is 0.00322. The molecule has 144 valence electrons. The molecule has 1 amide bonds. The lowest BCUT2D eigenvalue weighted by Crippen LogP contribution is -2.52. The van der Waals surface area contributed by atoms with E-state index in [0.29, 0.717) is 30.2 Å². The number of hydrogen-bond donors (Lipinski definition) is 0. The van der Waals surface area contributed by atoms with E-state index in [2.05, 4.69) is 0 Å². The summed E-state index contributed by atoms with van der Waals surface area (Å²) < 4.78 is 22.5. The molecule has 3 rings (SSSR count). The van der Waals surface area contributed by atoms with Gasteiger partial charge in [-0.15, -0.1) is 0 Å². The van der Waals surface area contributed by atoms with Crippen molar-refractivity contribution in [2.24, 2.45) is 0 Å². The average Bonchev–Trinajstić information content (AvgIpc) is 2.68. The summed E-state index contributed by atoms with van der Waals surface area (Å²) >= 11 is 0. The predicted molar refractivity (Wildman–Crippen MR) is 98.0 cm³/mol. The number of amides is 1. The van der Waals surface area contributed by atoms with Gasteiger partial charge in [-0.05, 0) is 38.3 Å². The molecule has 1 aromatic rings. The van der Waals surface area contributed by atoms with Crippen LogP contribution >= 0.6 is 0 Å². The number of benzene rings is 1. The van der Waals surface area contributed by atoms with Crippen molar-refractivity contribution in [1.82, 2.24) is 4.90 Å². The Hall–Kier alpha value is -1.79. The van der Waals surface area contributed by atoms with Gasteiger partial charge in [-0.1, -0.05) is 0 Å². The number of carbonyl (C=O) groups is 1. The highest BCUT2D eigenvalue weighted by Gasteiger charge is 2.41. The van der Waals surface area contributed by atoms with E-state index in [0.717, 1.165) is 38.9 Å². The van der Waals surface area contributed by atoms with Crippen LogP contribution in [0.1, 0.15) is 43.0 Å². The molecule has 0 bridgehead atoms. The quantitative estimate of drug-likeness (QED) is 0.805. The Morgan fingerprint density at radius 3 is 2.69 bits per heavy atom. The van der Waals surface area contributed by atoms with Crippen LogP contribution in [0.3, 0.4) is 0 Å². The molecule has 0 aromatic heterocycles. The first-order chi connectivity index (χ1) is 12.6. The first-order valence-corrected chi connectivity index (χ1v) is 9.37. The first kappa shape index (κ1) is 19.0. The molecule has 26 heavy (non-hydrogen) atoms. The van der Waals surface area contributed by atoms with Crippen LogP contribution in [0.15, 0.2) is 18.2 Å². The van der Waals surface area contributed by atoms with Gasteiger partial charge in [0.2, 0.25) is 0 Å². The molecule has 1 aromatic carbocycles. The normalized spacial score (nSPS) is 22.3. The Morgan fingerprint density at radius 1 is 1.27 bits per heavy atom. The van der Waals surface area contributed by atoms with Crippen molar-refractivity contribution in [3.05, 3.63) is 23.8 Å². The van der Waals surface area contributed by atoms with Crippen LogP contribution in [0, 0.1) is 0 Å². The lowest BCUT2D eigenvalue weighted by molar-refractivity contribution is -0.151. The molecule has 2 aliphatic heterocycles. The van der Waals surface area contributed by atoms with Crippen LogP contribution < -0.4 is 9.47 Å². The zero-order valence-corrected chi connectivity index (χ0v) is 16.0. The van der Waals surface area contributed by atoms with Crippen molar-refractivity contribution < 1.29 is 23.7 Å². The number of carbonyl (C=O) groups excluding carboxylic acids is 1. The molecule has 1 spiro atoms. The van der Waals surface area contributed by atoms with Gasteiger partial charge in [-0.2, -0.15) is 0 Å². The molecule has 6 nitrogen and oxygen atoms in total. The van der Waals surface area contributed by atoms with E-state index in [1.807, 2.05) is 11.8 Å². The molecular formula is C20H29NO5. The van der Waals surface area contributed by atoms with Crippen molar-refractivity contribution >= 4 is 5.91 Å². The standard InChI is InChI=1S/C20H29NO5/c1-4-25-16-7-12-26-20(14-16)8-10-21(11-9-20)19(22)17-6-5-15(23-2)13-18(17)24-3/h5-6,13,16H,4,7-12,14H2,1-3H3. The molecule has 1 unspecified atom stereocenters. The Balaban J connectivity index is 1.65. The molecule has 0 saturated carbocycles. The van der Waals surface area contributed by atoms with E-state index in [4.69, 9.17) is 18.9 Å². The third kappa shape index (κ3) is 3.96. The van der Waals surface area contributed by atoms with Gasteiger partial charge in [0.1, 0.15) is 11.5 Å². The van der Waals surface area contributed by atoms with Gasteiger partial charge < -0.3 is 23.8 Å². The minimum Gasteiger partial charge on any atom is -0.497 e. The fraction of sp³-hybridized carbons (Fsp3) is 0.650. The Bertz CT molecular complexity index is 623. The van der Waals surface area contributed by atoms with Gasteiger partial charge >= 0.3 is 0 Å². The van der Waals surface area contributed by atoms with Crippen molar-refractivity contribution in [1.29, 1.82) is 0 Å². The molecular weight excluding hydrogens is 334 g/mol. The third-order valence-corrected chi connectivity index (χ3v) is 5.45. The van der Waals surface area contributed by atoms with E-state index in [9.17, 15) is 4.79 Å². The zero-order valence-electron chi connectivity index (χ0n) is 16.0. The van der Waals surface area contributed by atoms with Crippen LogP contribution in [0.2, 0.25) is 0 Å². The minimum atomic E-state index is -0.140. The number of nitrogens with zero attached hydrogens (tertiary/aromatic N) is 1. The Morgan fingerprint density at radius 2 is 2.04 bits per heavy atom. The molecule has 2 heterocycles. The van der Waals surface area contributed by atoms with E-state index >= 15 is 0 Å². The maximum Gasteiger partial charge on any atom is 0.257 e. The van der Waals surface area contributed by atoms with Gasteiger partial charge in [0.15, 0.2) is 0 Å². The summed E-state index contributed by atoms with van der Waals surface area (Å²) in [5.41, 5.74) is 0.430. The molecule has 2 aliphatic rings. The average molecular weight is 363 g/mol. The van der Waals surface area contributed by atoms with Crippen molar-refractivity contribution in [2.45, 2.75) is 44.3 Å². The maximum atomic E-state index is 13.0. The molecule has 1 atom stereocenters. The van der Waals surface area contributed by atoms with Gasteiger partial charge in [-0.25, -0.2) is 0 Å². The fourth-order valence-electron chi connectivity index (χ4n) is 3.97. The van der Waals surface area contributed by atoms with Crippen molar-refractivity contribution in [3.63, 3.8) is 0 Å². The van der Waals surface area contributed by atoms with E-state index in [-0.39, 0.29) is 17.6 Å². The number of rotatable bonds is 5. The molecule has 0 aliphatic carbocycles. The summed E-state index contributed by atoms with van der Waals surface area (Å²) in [6.45, 7) is 4.89. The fourth-order valence-corrected chi connectivity index (χ4v) is 3.97. The van der Waals surface area contributed by atoms with Gasteiger partial charge in [0.25, 0.3) is 5.91 Å². The second-order valence-corrected chi connectivity index (χ2v) is 6.96. The molecule has 2 fully saturated rings. The van der Waals surface area contributed by atoms with E-state index in [1.165, 1.54) is 0 Å². The summed E-state index contributed by atoms with van der Waals surface area (Å²) in [5, 5.41) is 0. The van der Waals surface area contributed by atoms with Crippen molar-refractivity contribution in [3.8, 4) is 11.5 Å². The van der Waals surface area contributed by atoms with Crippen LogP contribution in [-0.4, -0.2) is 63.0 Å². The molecule has 0 radical (unpaired) electrons. The maximum absolute atomic E-state index is 13.0. The molecule has 0 N–H and O–H groups in total. The number of hydrogen-bond acceptors (Lipinski definition) is 5. The number of piperidine rings is 1. The highest BCUT2D eigenvalue weighted by molar-refractivity contribution is 5.97. The summed E-state index contributed by atoms with van der Waals surface area (Å²) in [7, 11) is 3.17.